The Bertz CT molecular complexity index is 408. The molecule has 0 aromatic carbocycles. The minimum Gasteiger partial charge on any atom is -0.380 e. The summed E-state index contributed by atoms with van der Waals surface area (Å²) in [5.74, 6) is 1.04. The number of imidazole rings is 1. The van der Waals surface area contributed by atoms with Gasteiger partial charge in [0.1, 0.15) is 5.82 Å². The topological polar surface area (TPSA) is 27.1 Å². The largest absolute Gasteiger partial charge is 0.380 e. The average molecular weight is 236 g/mol. The maximum atomic E-state index is 5.48. The summed E-state index contributed by atoms with van der Waals surface area (Å²) in [6.07, 6.45) is 4.92. The molecule has 0 saturated carbocycles. The van der Waals surface area contributed by atoms with Crippen LogP contribution in [0.2, 0.25) is 0 Å². The van der Waals surface area contributed by atoms with Gasteiger partial charge in [-0.1, -0.05) is 13.0 Å². The Hall–Kier alpha value is -1.13. The molecule has 0 atom stereocenters. The Morgan fingerprint density at radius 1 is 1.44 bits per heavy atom. The first kappa shape index (κ1) is 11.4. The molecule has 0 amide bonds. The van der Waals surface area contributed by atoms with Crippen molar-refractivity contribution in [3.05, 3.63) is 29.9 Å². The maximum Gasteiger partial charge on any atom is 0.150 e. The summed E-state index contributed by atoms with van der Waals surface area (Å²) in [5.41, 5.74) is 0. The molecule has 0 bridgehead atoms. The van der Waals surface area contributed by atoms with Gasteiger partial charge >= 0.3 is 0 Å². The molecule has 0 fully saturated rings. The predicted molar refractivity (Wildman–Crippen MR) is 66.7 cm³/mol. The third-order valence-corrected chi connectivity index (χ3v) is 3.15. The molecular weight excluding hydrogens is 220 g/mol. The summed E-state index contributed by atoms with van der Waals surface area (Å²) in [4.78, 5) is 5.58. The molecule has 4 heteroatoms. The van der Waals surface area contributed by atoms with Gasteiger partial charge < -0.3 is 9.30 Å². The van der Waals surface area contributed by atoms with E-state index in [-0.39, 0.29) is 0 Å². The molecule has 0 aliphatic carbocycles. The van der Waals surface area contributed by atoms with Gasteiger partial charge in [0.25, 0.3) is 0 Å². The van der Waals surface area contributed by atoms with E-state index < -0.39 is 0 Å². The average Bonchev–Trinajstić information content (AvgIpc) is 2.94. The molecule has 86 valence electrons. The van der Waals surface area contributed by atoms with Gasteiger partial charge in [-0.05, 0) is 17.9 Å². The molecule has 2 aromatic heterocycles. The fourth-order valence-electron chi connectivity index (χ4n) is 1.53. The van der Waals surface area contributed by atoms with Crippen molar-refractivity contribution >= 4 is 11.3 Å². The van der Waals surface area contributed by atoms with E-state index in [1.165, 1.54) is 4.88 Å². The Labute approximate surface area is 99.7 Å². The molecule has 2 rings (SSSR count). The van der Waals surface area contributed by atoms with E-state index in [2.05, 4.69) is 27.9 Å². The third-order valence-electron chi connectivity index (χ3n) is 2.28. The van der Waals surface area contributed by atoms with Gasteiger partial charge in [-0.3, -0.25) is 0 Å². The Kier molecular flexibility index (Phi) is 4.13. The molecule has 2 heterocycles. The Morgan fingerprint density at radius 2 is 2.38 bits per heavy atom. The minimum absolute atomic E-state index is 0.753. The second kappa shape index (κ2) is 5.82. The maximum absolute atomic E-state index is 5.48. The van der Waals surface area contributed by atoms with Gasteiger partial charge in [-0.25, -0.2) is 4.98 Å². The second-order valence-corrected chi connectivity index (χ2v) is 4.48. The lowest BCUT2D eigenvalue weighted by Gasteiger charge is -2.06. The lowest BCUT2D eigenvalue weighted by molar-refractivity contribution is 0.127. The molecule has 0 N–H and O–H groups in total. The van der Waals surface area contributed by atoms with Crippen LogP contribution < -0.4 is 0 Å². The van der Waals surface area contributed by atoms with Gasteiger partial charge in [0, 0.05) is 25.5 Å². The van der Waals surface area contributed by atoms with E-state index in [0.717, 1.165) is 32.0 Å². The van der Waals surface area contributed by atoms with Gasteiger partial charge in [0.2, 0.25) is 0 Å². The number of aromatic nitrogens is 2. The summed E-state index contributed by atoms with van der Waals surface area (Å²) < 4.78 is 7.62. The number of rotatable bonds is 6. The van der Waals surface area contributed by atoms with Crippen LogP contribution in [0.25, 0.3) is 10.7 Å². The number of thiophene rings is 1. The first-order valence-electron chi connectivity index (χ1n) is 5.54. The smallest absolute Gasteiger partial charge is 0.150 e. The van der Waals surface area contributed by atoms with E-state index in [1.807, 2.05) is 18.5 Å². The van der Waals surface area contributed by atoms with Gasteiger partial charge in [-0.2, -0.15) is 0 Å². The van der Waals surface area contributed by atoms with E-state index in [0.29, 0.717) is 0 Å². The van der Waals surface area contributed by atoms with Gasteiger partial charge in [0.05, 0.1) is 11.5 Å². The van der Waals surface area contributed by atoms with Crippen molar-refractivity contribution in [2.75, 3.05) is 13.2 Å². The van der Waals surface area contributed by atoms with Crippen molar-refractivity contribution in [2.24, 2.45) is 0 Å². The fourth-order valence-corrected chi connectivity index (χ4v) is 2.27. The molecule has 16 heavy (non-hydrogen) atoms. The lowest BCUT2D eigenvalue weighted by atomic mass is 10.4. The molecule has 3 nitrogen and oxygen atoms in total. The summed E-state index contributed by atoms with van der Waals surface area (Å²) in [7, 11) is 0. The number of hydrogen-bond acceptors (Lipinski definition) is 3. The van der Waals surface area contributed by atoms with Crippen LogP contribution in [0.5, 0.6) is 0 Å². The van der Waals surface area contributed by atoms with Gasteiger partial charge in [0.15, 0.2) is 0 Å². The fraction of sp³-hybridized carbons (Fsp3) is 0.417. The monoisotopic (exact) mass is 236 g/mol. The molecule has 0 radical (unpaired) electrons. The van der Waals surface area contributed by atoms with Gasteiger partial charge in [-0.15, -0.1) is 11.3 Å². The SMILES string of the molecule is CCCOCCn1ccnc1-c1cccs1. The van der Waals surface area contributed by atoms with Crippen LogP contribution >= 0.6 is 11.3 Å². The molecule has 0 saturated heterocycles. The zero-order valence-electron chi connectivity index (χ0n) is 9.43. The van der Waals surface area contributed by atoms with Crippen molar-refractivity contribution in [1.29, 1.82) is 0 Å². The van der Waals surface area contributed by atoms with E-state index in [1.54, 1.807) is 11.3 Å². The standard InChI is InChI=1S/C12H16N2OS/c1-2-8-15-9-7-14-6-5-13-12(14)11-4-3-10-16-11/h3-6,10H,2,7-9H2,1H3. The summed E-state index contributed by atoms with van der Waals surface area (Å²) in [6.45, 7) is 4.58. The molecule has 2 aromatic rings. The molecular formula is C12H16N2OS. The van der Waals surface area contributed by atoms with E-state index in [4.69, 9.17) is 4.74 Å². The van der Waals surface area contributed by atoms with Crippen LogP contribution in [0.15, 0.2) is 29.9 Å². The molecule has 0 aliphatic heterocycles. The van der Waals surface area contributed by atoms with Crippen LogP contribution in [-0.2, 0) is 11.3 Å². The highest BCUT2D eigenvalue weighted by molar-refractivity contribution is 7.13. The van der Waals surface area contributed by atoms with E-state index in [9.17, 15) is 0 Å². The minimum atomic E-state index is 0.753. The van der Waals surface area contributed by atoms with Crippen molar-refractivity contribution in [1.82, 2.24) is 9.55 Å². The molecule has 0 unspecified atom stereocenters. The third kappa shape index (κ3) is 2.71. The van der Waals surface area contributed by atoms with Crippen LogP contribution in [0.4, 0.5) is 0 Å². The van der Waals surface area contributed by atoms with Crippen molar-refractivity contribution in [3.8, 4) is 10.7 Å². The van der Waals surface area contributed by atoms with Crippen LogP contribution in [-0.4, -0.2) is 22.8 Å². The normalized spacial score (nSPS) is 10.8. The zero-order chi connectivity index (χ0) is 11.2. The molecule has 0 aliphatic rings. The van der Waals surface area contributed by atoms with Crippen molar-refractivity contribution in [2.45, 2.75) is 19.9 Å². The second-order valence-electron chi connectivity index (χ2n) is 3.53. The van der Waals surface area contributed by atoms with Crippen LogP contribution in [0, 0.1) is 0 Å². The van der Waals surface area contributed by atoms with Crippen molar-refractivity contribution < 1.29 is 4.74 Å². The van der Waals surface area contributed by atoms with Crippen LogP contribution in [0.1, 0.15) is 13.3 Å². The Balaban J connectivity index is 1.97. The number of hydrogen-bond donors (Lipinski definition) is 0. The van der Waals surface area contributed by atoms with E-state index >= 15 is 0 Å². The highest BCUT2D eigenvalue weighted by Crippen LogP contribution is 2.22. The summed E-state index contributed by atoms with van der Waals surface area (Å²) in [6, 6.07) is 4.14. The summed E-state index contributed by atoms with van der Waals surface area (Å²) >= 11 is 1.71. The number of nitrogens with zero attached hydrogens (tertiary/aromatic N) is 2. The predicted octanol–water partition coefficient (Wildman–Crippen LogP) is 3.04. The Morgan fingerprint density at radius 3 is 3.12 bits per heavy atom. The quantitative estimate of drug-likeness (QED) is 0.721. The van der Waals surface area contributed by atoms with Crippen LogP contribution in [0.3, 0.4) is 0 Å². The first-order chi connectivity index (χ1) is 7.92. The lowest BCUT2D eigenvalue weighted by Crippen LogP contribution is -2.06. The highest BCUT2D eigenvalue weighted by Gasteiger charge is 2.05. The van der Waals surface area contributed by atoms with Crippen molar-refractivity contribution in [3.63, 3.8) is 0 Å². The number of ether oxygens (including phenoxy) is 1. The highest BCUT2D eigenvalue weighted by atomic mass is 32.1. The molecule has 0 spiro atoms. The summed E-state index contributed by atoms with van der Waals surface area (Å²) in [5, 5.41) is 2.07. The first-order valence-corrected chi connectivity index (χ1v) is 6.42. The zero-order valence-corrected chi connectivity index (χ0v) is 10.2.